The van der Waals surface area contributed by atoms with Crippen LogP contribution >= 0.6 is 0 Å². The highest BCUT2D eigenvalue weighted by atomic mass is 16.3. The number of aliphatic hydroxyl groups is 1. The van der Waals surface area contributed by atoms with Crippen molar-refractivity contribution < 1.29 is 5.11 Å². The second-order valence-electron chi connectivity index (χ2n) is 7.09. The Hall–Kier alpha value is -1.70. The van der Waals surface area contributed by atoms with Crippen LogP contribution in [0.5, 0.6) is 0 Å². The van der Waals surface area contributed by atoms with Crippen molar-refractivity contribution in [3.63, 3.8) is 0 Å². The van der Waals surface area contributed by atoms with Crippen LogP contribution in [0.4, 0.5) is 0 Å². The predicted molar refractivity (Wildman–Crippen MR) is 96.1 cm³/mol. The average molecular weight is 344 g/mol. The van der Waals surface area contributed by atoms with Gasteiger partial charge in [0.1, 0.15) is 5.69 Å². The summed E-state index contributed by atoms with van der Waals surface area (Å²) >= 11 is 0. The number of nitrogens with zero attached hydrogens (tertiary/aromatic N) is 5. The third-order valence-electron chi connectivity index (χ3n) is 5.42. The van der Waals surface area contributed by atoms with E-state index in [2.05, 4.69) is 30.5 Å². The van der Waals surface area contributed by atoms with Crippen LogP contribution < -0.4 is 5.32 Å². The number of aromatic nitrogens is 4. The third-order valence-corrected chi connectivity index (χ3v) is 5.42. The van der Waals surface area contributed by atoms with Gasteiger partial charge in [-0.05, 0) is 31.9 Å². The lowest BCUT2D eigenvalue weighted by Gasteiger charge is -2.34. The first kappa shape index (κ1) is 16.8. The summed E-state index contributed by atoms with van der Waals surface area (Å²) in [6, 6.07) is 2.50. The summed E-state index contributed by atoms with van der Waals surface area (Å²) < 4.78 is 4.30. The van der Waals surface area contributed by atoms with Gasteiger partial charge in [0.05, 0.1) is 18.8 Å². The number of aliphatic hydroxyl groups excluding tert-OH is 1. The Bertz CT molecular complexity index is 670. The van der Waals surface area contributed by atoms with Gasteiger partial charge in [-0.3, -0.25) is 9.58 Å². The van der Waals surface area contributed by atoms with E-state index in [9.17, 15) is 5.11 Å². The van der Waals surface area contributed by atoms with E-state index in [0.717, 1.165) is 63.6 Å². The fourth-order valence-electron chi connectivity index (χ4n) is 4.03. The Labute approximate surface area is 148 Å². The van der Waals surface area contributed by atoms with Gasteiger partial charge < -0.3 is 15.0 Å². The van der Waals surface area contributed by atoms with Crippen LogP contribution in [0.2, 0.25) is 0 Å². The van der Waals surface area contributed by atoms with Crippen molar-refractivity contribution in [3.05, 3.63) is 24.2 Å². The van der Waals surface area contributed by atoms with Gasteiger partial charge in [0.2, 0.25) is 0 Å². The largest absolute Gasteiger partial charge is 0.395 e. The zero-order valence-corrected chi connectivity index (χ0v) is 14.8. The first-order valence-corrected chi connectivity index (χ1v) is 9.49. The van der Waals surface area contributed by atoms with Gasteiger partial charge in [0.25, 0.3) is 0 Å². The van der Waals surface area contributed by atoms with E-state index in [1.165, 1.54) is 18.5 Å². The highest BCUT2D eigenvalue weighted by Crippen LogP contribution is 2.20. The molecule has 2 N–H and O–H groups in total. The lowest BCUT2D eigenvalue weighted by Crippen LogP contribution is -2.42. The molecule has 4 heterocycles. The minimum atomic E-state index is 0.282. The Morgan fingerprint density at radius 2 is 2.20 bits per heavy atom. The molecule has 0 spiro atoms. The number of nitrogens with one attached hydrogen (secondary N) is 1. The molecule has 136 valence electrons. The molecule has 7 nitrogen and oxygen atoms in total. The lowest BCUT2D eigenvalue weighted by molar-refractivity contribution is 0.0882. The summed E-state index contributed by atoms with van der Waals surface area (Å²) in [4.78, 5) is 6.99. The molecule has 2 aliphatic heterocycles. The first-order chi connectivity index (χ1) is 12.3. The van der Waals surface area contributed by atoms with E-state index in [1.807, 2.05) is 12.4 Å². The number of fused-ring (bicyclic) bond motifs is 1. The third kappa shape index (κ3) is 3.63. The molecule has 0 aliphatic carbocycles. The van der Waals surface area contributed by atoms with Crippen LogP contribution in [-0.4, -0.2) is 61.6 Å². The minimum absolute atomic E-state index is 0.282. The molecule has 2 aliphatic rings. The fourth-order valence-corrected chi connectivity index (χ4v) is 4.03. The monoisotopic (exact) mass is 344 g/mol. The average Bonchev–Trinajstić information content (AvgIpc) is 3.28. The number of piperidine rings is 1. The summed E-state index contributed by atoms with van der Waals surface area (Å²) in [6.45, 7) is 6.15. The van der Waals surface area contributed by atoms with Gasteiger partial charge in [0.15, 0.2) is 5.82 Å². The predicted octanol–water partition coefficient (Wildman–Crippen LogP) is 1.09. The normalized spacial score (nSPS) is 21.4. The van der Waals surface area contributed by atoms with Gasteiger partial charge in [-0.1, -0.05) is 6.42 Å². The van der Waals surface area contributed by atoms with E-state index in [1.54, 1.807) is 0 Å². The SMILES string of the molecule is OCC1CCCCN1CCCn1ccnc1-c1cc2n(n1)CCNC2. The van der Waals surface area contributed by atoms with Crippen molar-refractivity contribution in [2.24, 2.45) is 0 Å². The molecule has 1 saturated heterocycles. The molecular weight excluding hydrogens is 316 g/mol. The van der Waals surface area contributed by atoms with E-state index in [0.29, 0.717) is 6.04 Å². The van der Waals surface area contributed by atoms with E-state index in [-0.39, 0.29) is 6.61 Å². The summed E-state index contributed by atoms with van der Waals surface area (Å²) in [7, 11) is 0. The van der Waals surface area contributed by atoms with Gasteiger partial charge in [0, 0.05) is 44.6 Å². The number of hydrogen-bond acceptors (Lipinski definition) is 5. The summed E-state index contributed by atoms with van der Waals surface area (Å²) in [5.74, 6) is 0.958. The highest BCUT2D eigenvalue weighted by Gasteiger charge is 2.21. The molecule has 4 rings (SSSR count). The Balaban J connectivity index is 1.39. The molecule has 1 atom stereocenters. The maximum absolute atomic E-state index is 9.55. The van der Waals surface area contributed by atoms with Crippen molar-refractivity contribution in [1.82, 2.24) is 29.5 Å². The van der Waals surface area contributed by atoms with Crippen molar-refractivity contribution in [1.29, 1.82) is 0 Å². The zero-order chi connectivity index (χ0) is 17.1. The van der Waals surface area contributed by atoms with Crippen LogP contribution in [-0.2, 0) is 19.6 Å². The van der Waals surface area contributed by atoms with Crippen molar-refractivity contribution in [2.75, 3.05) is 26.2 Å². The summed E-state index contributed by atoms with van der Waals surface area (Å²) in [6.07, 6.45) is 8.60. The highest BCUT2D eigenvalue weighted by molar-refractivity contribution is 5.50. The molecule has 0 radical (unpaired) electrons. The van der Waals surface area contributed by atoms with Crippen LogP contribution in [0.3, 0.4) is 0 Å². The number of rotatable bonds is 6. The van der Waals surface area contributed by atoms with Gasteiger partial charge in [-0.2, -0.15) is 5.10 Å². The molecule has 25 heavy (non-hydrogen) atoms. The lowest BCUT2D eigenvalue weighted by atomic mass is 10.0. The van der Waals surface area contributed by atoms with Crippen LogP contribution in [0, 0.1) is 0 Å². The fraction of sp³-hybridized carbons (Fsp3) is 0.667. The topological polar surface area (TPSA) is 71.1 Å². The molecule has 2 aromatic heterocycles. The van der Waals surface area contributed by atoms with Crippen LogP contribution in [0.15, 0.2) is 18.5 Å². The quantitative estimate of drug-likeness (QED) is 0.821. The van der Waals surface area contributed by atoms with Crippen LogP contribution in [0.25, 0.3) is 11.5 Å². The maximum atomic E-state index is 9.55. The molecule has 0 saturated carbocycles. The molecule has 7 heteroatoms. The number of aryl methyl sites for hydroxylation is 1. The van der Waals surface area contributed by atoms with Gasteiger partial charge in [-0.15, -0.1) is 0 Å². The molecule has 1 unspecified atom stereocenters. The smallest absolute Gasteiger partial charge is 0.160 e. The molecule has 0 aromatic carbocycles. The second-order valence-corrected chi connectivity index (χ2v) is 7.09. The minimum Gasteiger partial charge on any atom is -0.395 e. The van der Waals surface area contributed by atoms with Crippen molar-refractivity contribution in [3.8, 4) is 11.5 Å². The van der Waals surface area contributed by atoms with E-state index in [4.69, 9.17) is 5.10 Å². The van der Waals surface area contributed by atoms with E-state index < -0.39 is 0 Å². The number of imidazole rings is 1. The zero-order valence-electron chi connectivity index (χ0n) is 14.8. The number of hydrogen-bond donors (Lipinski definition) is 2. The maximum Gasteiger partial charge on any atom is 0.160 e. The molecule has 2 aromatic rings. The summed E-state index contributed by atoms with van der Waals surface area (Å²) in [5.41, 5.74) is 2.20. The second kappa shape index (κ2) is 7.68. The molecular formula is C18H28N6O. The van der Waals surface area contributed by atoms with Crippen LogP contribution in [0.1, 0.15) is 31.4 Å². The summed E-state index contributed by atoms with van der Waals surface area (Å²) in [5, 5.41) is 17.7. The number of likely N-dealkylation sites (tertiary alicyclic amines) is 1. The van der Waals surface area contributed by atoms with Crippen molar-refractivity contribution >= 4 is 0 Å². The molecule has 0 bridgehead atoms. The van der Waals surface area contributed by atoms with Gasteiger partial charge in [-0.25, -0.2) is 4.98 Å². The Kier molecular flexibility index (Phi) is 5.14. The van der Waals surface area contributed by atoms with Crippen molar-refractivity contribution in [2.45, 2.75) is 51.4 Å². The standard InChI is InChI=1S/C18H28N6O/c25-14-15-4-1-2-7-22(15)8-3-9-23-10-6-20-18(23)17-12-16-13-19-5-11-24(16)21-17/h6,10,12,15,19,25H,1-5,7-9,11,13-14H2. The van der Waals surface area contributed by atoms with E-state index >= 15 is 0 Å². The Morgan fingerprint density at radius 3 is 3.08 bits per heavy atom. The Morgan fingerprint density at radius 1 is 1.24 bits per heavy atom. The molecule has 1 fully saturated rings. The first-order valence-electron chi connectivity index (χ1n) is 9.49. The molecule has 0 amide bonds. The van der Waals surface area contributed by atoms with Gasteiger partial charge >= 0.3 is 0 Å².